The van der Waals surface area contributed by atoms with E-state index in [4.69, 9.17) is 4.74 Å². The second-order valence-corrected chi connectivity index (χ2v) is 5.40. The van der Waals surface area contributed by atoms with Gasteiger partial charge < -0.3 is 10.1 Å². The van der Waals surface area contributed by atoms with Crippen LogP contribution in [0.5, 0.6) is 5.75 Å². The molecule has 0 amide bonds. The smallest absolute Gasteiger partial charge is 0.123 e. The van der Waals surface area contributed by atoms with Crippen molar-refractivity contribution in [1.82, 2.24) is 5.32 Å². The number of hydrogen-bond donors (Lipinski definition) is 1. The van der Waals surface area contributed by atoms with Gasteiger partial charge >= 0.3 is 0 Å². The van der Waals surface area contributed by atoms with Crippen molar-refractivity contribution in [2.24, 2.45) is 0 Å². The Balaban J connectivity index is 1.94. The predicted octanol–water partition coefficient (Wildman–Crippen LogP) is 4.12. The maximum absolute atomic E-state index is 12.9. The Hall–Kier alpha value is -1.87. The van der Waals surface area contributed by atoms with Gasteiger partial charge in [-0.15, -0.1) is 0 Å². The van der Waals surface area contributed by atoms with Crippen LogP contribution in [-0.2, 0) is 6.42 Å². The third-order valence-corrected chi connectivity index (χ3v) is 3.58. The second-order valence-electron chi connectivity index (χ2n) is 5.40. The van der Waals surface area contributed by atoms with Crippen molar-refractivity contribution in [1.29, 1.82) is 0 Å². The monoisotopic (exact) mass is 287 g/mol. The summed E-state index contributed by atoms with van der Waals surface area (Å²) in [6.07, 6.45) is 0.870. The van der Waals surface area contributed by atoms with Crippen LogP contribution >= 0.6 is 0 Å². The summed E-state index contributed by atoms with van der Waals surface area (Å²) in [7, 11) is 1.67. The molecular weight excluding hydrogens is 265 g/mol. The molecule has 21 heavy (non-hydrogen) atoms. The summed E-state index contributed by atoms with van der Waals surface area (Å²) in [6, 6.07) is 15.3. The number of benzene rings is 2. The van der Waals surface area contributed by atoms with E-state index in [9.17, 15) is 4.39 Å². The zero-order valence-corrected chi connectivity index (χ0v) is 12.8. The van der Waals surface area contributed by atoms with E-state index in [1.54, 1.807) is 7.11 Å². The second kappa shape index (κ2) is 7.23. The van der Waals surface area contributed by atoms with Crippen LogP contribution in [0, 0.1) is 5.82 Å². The molecular formula is C18H22FNO. The molecule has 0 aromatic heterocycles. The van der Waals surface area contributed by atoms with Crippen molar-refractivity contribution in [2.45, 2.75) is 32.4 Å². The fraction of sp³-hybridized carbons (Fsp3) is 0.333. The van der Waals surface area contributed by atoms with Crippen LogP contribution < -0.4 is 10.1 Å². The van der Waals surface area contributed by atoms with Crippen LogP contribution in [-0.4, -0.2) is 13.2 Å². The molecule has 0 aliphatic heterocycles. The van der Waals surface area contributed by atoms with Crippen LogP contribution in [0.4, 0.5) is 4.39 Å². The summed E-state index contributed by atoms with van der Waals surface area (Å²) in [4.78, 5) is 0. The summed E-state index contributed by atoms with van der Waals surface area (Å²) in [5.74, 6) is 0.677. The van der Waals surface area contributed by atoms with Gasteiger partial charge in [-0.2, -0.15) is 0 Å². The first kappa shape index (κ1) is 15.5. The molecule has 0 bridgehead atoms. The molecule has 3 heteroatoms. The van der Waals surface area contributed by atoms with Gasteiger partial charge in [-0.25, -0.2) is 4.39 Å². The van der Waals surface area contributed by atoms with E-state index in [0.29, 0.717) is 6.04 Å². The van der Waals surface area contributed by atoms with Gasteiger partial charge in [0.05, 0.1) is 7.11 Å². The Kier molecular flexibility index (Phi) is 5.34. The summed E-state index contributed by atoms with van der Waals surface area (Å²) in [5, 5.41) is 3.56. The lowest BCUT2D eigenvalue weighted by atomic mass is 10.0. The van der Waals surface area contributed by atoms with Gasteiger partial charge in [0, 0.05) is 12.1 Å². The minimum atomic E-state index is -0.191. The van der Waals surface area contributed by atoms with E-state index in [-0.39, 0.29) is 11.9 Å². The molecule has 0 aliphatic carbocycles. The first-order valence-electron chi connectivity index (χ1n) is 7.23. The van der Waals surface area contributed by atoms with Gasteiger partial charge in [0.15, 0.2) is 0 Å². The summed E-state index contributed by atoms with van der Waals surface area (Å²) < 4.78 is 18.2. The van der Waals surface area contributed by atoms with Crippen LogP contribution in [0.3, 0.4) is 0 Å². The normalized spacial score (nSPS) is 13.7. The minimum absolute atomic E-state index is 0.191. The molecule has 0 radical (unpaired) electrons. The van der Waals surface area contributed by atoms with Gasteiger partial charge in [-0.1, -0.05) is 24.3 Å². The van der Waals surface area contributed by atoms with E-state index < -0.39 is 0 Å². The molecule has 2 rings (SSSR count). The minimum Gasteiger partial charge on any atom is -0.497 e. The maximum atomic E-state index is 12.9. The number of halogens is 1. The van der Waals surface area contributed by atoms with Crippen molar-refractivity contribution in [3.63, 3.8) is 0 Å². The highest BCUT2D eigenvalue weighted by molar-refractivity contribution is 5.30. The molecule has 0 heterocycles. The number of nitrogens with one attached hydrogen (secondary N) is 1. The molecule has 2 aromatic carbocycles. The van der Waals surface area contributed by atoms with E-state index in [0.717, 1.165) is 17.7 Å². The lowest BCUT2D eigenvalue weighted by Crippen LogP contribution is -2.30. The maximum Gasteiger partial charge on any atom is 0.123 e. The summed E-state index contributed by atoms with van der Waals surface area (Å²) in [6.45, 7) is 4.27. The molecule has 0 saturated carbocycles. The van der Waals surface area contributed by atoms with Gasteiger partial charge in [0.25, 0.3) is 0 Å². The molecule has 112 valence electrons. The van der Waals surface area contributed by atoms with Crippen LogP contribution in [0.25, 0.3) is 0 Å². The highest BCUT2D eigenvalue weighted by Crippen LogP contribution is 2.19. The van der Waals surface area contributed by atoms with E-state index in [2.05, 4.69) is 25.2 Å². The first-order valence-corrected chi connectivity index (χ1v) is 7.23. The zero-order valence-electron chi connectivity index (χ0n) is 12.8. The van der Waals surface area contributed by atoms with E-state index >= 15 is 0 Å². The highest BCUT2D eigenvalue weighted by Gasteiger charge is 2.10. The Bertz CT molecular complexity index is 568. The van der Waals surface area contributed by atoms with E-state index in [1.807, 2.05) is 30.3 Å². The van der Waals surface area contributed by atoms with Crippen LogP contribution in [0.1, 0.15) is 31.0 Å². The molecule has 2 nitrogen and oxygen atoms in total. The van der Waals surface area contributed by atoms with Gasteiger partial charge in [0.2, 0.25) is 0 Å². The third-order valence-electron chi connectivity index (χ3n) is 3.58. The summed E-state index contributed by atoms with van der Waals surface area (Å²) >= 11 is 0. The molecule has 2 aromatic rings. The lowest BCUT2D eigenvalue weighted by Gasteiger charge is -2.21. The summed E-state index contributed by atoms with van der Waals surface area (Å²) in [5.41, 5.74) is 2.33. The number of ether oxygens (including phenoxy) is 1. The van der Waals surface area contributed by atoms with Crippen LogP contribution in [0.15, 0.2) is 48.5 Å². The topological polar surface area (TPSA) is 21.3 Å². The Morgan fingerprint density at radius 2 is 1.81 bits per heavy atom. The van der Waals surface area contributed by atoms with Gasteiger partial charge in [-0.05, 0) is 55.7 Å². The van der Waals surface area contributed by atoms with E-state index in [1.165, 1.54) is 17.7 Å². The van der Waals surface area contributed by atoms with Crippen molar-refractivity contribution >= 4 is 0 Å². The molecule has 1 N–H and O–H groups in total. The Morgan fingerprint density at radius 1 is 1.10 bits per heavy atom. The fourth-order valence-corrected chi connectivity index (χ4v) is 2.47. The fourth-order valence-electron chi connectivity index (χ4n) is 2.47. The first-order chi connectivity index (χ1) is 10.1. The Labute approximate surface area is 126 Å². The average Bonchev–Trinajstić information content (AvgIpc) is 2.49. The number of hydrogen-bond acceptors (Lipinski definition) is 2. The predicted molar refractivity (Wildman–Crippen MR) is 84.1 cm³/mol. The number of rotatable bonds is 6. The molecule has 0 fully saturated rings. The Morgan fingerprint density at radius 3 is 2.48 bits per heavy atom. The van der Waals surface area contributed by atoms with Crippen molar-refractivity contribution < 1.29 is 9.13 Å². The highest BCUT2D eigenvalue weighted by atomic mass is 19.1. The SMILES string of the molecule is COc1cccc(C(C)NC(C)Cc2ccc(F)cc2)c1. The quantitative estimate of drug-likeness (QED) is 0.863. The molecule has 2 atom stereocenters. The van der Waals surface area contributed by atoms with Gasteiger partial charge in [-0.3, -0.25) is 0 Å². The standard InChI is InChI=1S/C18H22FNO/c1-13(11-15-7-9-17(19)10-8-15)20-14(2)16-5-4-6-18(12-16)21-3/h4-10,12-14,20H,11H2,1-3H3. The van der Waals surface area contributed by atoms with Crippen molar-refractivity contribution in [2.75, 3.05) is 7.11 Å². The zero-order chi connectivity index (χ0) is 15.2. The lowest BCUT2D eigenvalue weighted by molar-refractivity contribution is 0.412. The number of methoxy groups -OCH3 is 1. The largest absolute Gasteiger partial charge is 0.497 e. The van der Waals surface area contributed by atoms with Crippen LogP contribution in [0.2, 0.25) is 0 Å². The molecule has 0 aliphatic rings. The van der Waals surface area contributed by atoms with Gasteiger partial charge in [0.1, 0.15) is 11.6 Å². The average molecular weight is 287 g/mol. The molecule has 2 unspecified atom stereocenters. The molecule has 0 saturated heterocycles. The van der Waals surface area contributed by atoms with Crippen molar-refractivity contribution in [3.8, 4) is 5.75 Å². The molecule has 0 spiro atoms. The van der Waals surface area contributed by atoms with Crippen molar-refractivity contribution in [3.05, 3.63) is 65.5 Å². The third kappa shape index (κ3) is 4.57.